The third-order valence-corrected chi connectivity index (χ3v) is 10.1. The van der Waals surface area contributed by atoms with Crippen LogP contribution in [0.15, 0.2) is 70.8 Å². The minimum absolute atomic E-state index is 0.0673. The standard InChI is InChI=1S/C22H29IOSi/c1-22(2,3)25(20-14-8-6-9-15-20,21-16-10-7-11-17-21)24-19-13-5-4-12-18-23/h6-12,14-18H,4-5,13,19H2,1-3H3. The van der Waals surface area contributed by atoms with Gasteiger partial charge in [-0.3, -0.25) is 0 Å². The maximum Gasteiger partial charge on any atom is 0.261 e. The summed E-state index contributed by atoms with van der Waals surface area (Å²) >= 11 is 2.28. The highest BCUT2D eigenvalue weighted by molar-refractivity contribution is 14.1. The van der Waals surface area contributed by atoms with Gasteiger partial charge in [0, 0.05) is 6.61 Å². The van der Waals surface area contributed by atoms with Gasteiger partial charge in [0.15, 0.2) is 0 Å². The highest BCUT2D eigenvalue weighted by Gasteiger charge is 2.49. The van der Waals surface area contributed by atoms with E-state index < -0.39 is 8.32 Å². The van der Waals surface area contributed by atoms with Crippen LogP contribution in [0.25, 0.3) is 0 Å². The molecule has 0 aliphatic heterocycles. The minimum Gasteiger partial charge on any atom is -0.407 e. The second-order valence-corrected chi connectivity index (χ2v) is 12.4. The summed E-state index contributed by atoms with van der Waals surface area (Å²) < 4.78 is 8.96. The van der Waals surface area contributed by atoms with Crippen molar-refractivity contribution in [2.75, 3.05) is 6.61 Å². The lowest BCUT2D eigenvalue weighted by molar-refractivity contribution is 0.289. The zero-order valence-corrected chi connectivity index (χ0v) is 18.7. The molecule has 0 atom stereocenters. The van der Waals surface area contributed by atoms with E-state index in [0.717, 1.165) is 19.4 Å². The number of rotatable bonds is 8. The second kappa shape index (κ2) is 9.69. The van der Waals surface area contributed by atoms with E-state index in [-0.39, 0.29) is 5.04 Å². The van der Waals surface area contributed by atoms with Crippen LogP contribution in [0.4, 0.5) is 0 Å². The zero-order chi connectivity index (χ0) is 18.2. The van der Waals surface area contributed by atoms with Crippen LogP contribution in [-0.4, -0.2) is 14.9 Å². The van der Waals surface area contributed by atoms with E-state index in [1.165, 1.54) is 16.8 Å². The van der Waals surface area contributed by atoms with Crippen LogP contribution in [0.3, 0.4) is 0 Å². The fraction of sp³-hybridized carbons (Fsp3) is 0.364. The van der Waals surface area contributed by atoms with E-state index >= 15 is 0 Å². The summed E-state index contributed by atoms with van der Waals surface area (Å²) in [5.74, 6) is 0. The van der Waals surface area contributed by atoms with Gasteiger partial charge in [0.25, 0.3) is 8.32 Å². The molecule has 0 unspecified atom stereocenters. The molecule has 0 spiro atoms. The quantitative estimate of drug-likeness (QED) is 0.277. The molecular formula is C22H29IOSi. The highest BCUT2D eigenvalue weighted by Crippen LogP contribution is 2.36. The van der Waals surface area contributed by atoms with Gasteiger partial charge in [-0.05, 0) is 38.8 Å². The van der Waals surface area contributed by atoms with Gasteiger partial charge in [0.05, 0.1) is 0 Å². The largest absolute Gasteiger partial charge is 0.407 e. The van der Waals surface area contributed by atoms with Gasteiger partial charge in [-0.2, -0.15) is 0 Å². The van der Waals surface area contributed by atoms with E-state index in [9.17, 15) is 0 Å². The molecule has 2 aromatic carbocycles. The summed E-state index contributed by atoms with van der Waals surface area (Å²) in [5, 5.41) is 2.79. The van der Waals surface area contributed by atoms with Crippen molar-refractivity contribution in [3.05, 3.63) is 70.8 Å². The number of halogens is 1. The van der Waals surface area contributed by atoms with E-state index in [1.54, 1.807) is 0 Å². The Bertz CT molecular complexity index is 607. The molecule has 0 radical (unpaired) electrons. The molecule has 0 bridgehead atoms. The summed E-state index contributed by atoms with van der Waals surface area (Å²) in [6, 6.07) is 21.7. The maximum atomic E-state index is 6.86. The van der Waals surface area contributed by atoms with E-state index in [4.69, 9.17) is 4.43 Å². The number of hydrogen-bond acceptors (Lipinski definition) is 1. The van der Waals surface area contributed by atoms with Crippen molar-refractivity contribution in [3.8, 4) is 0 Å². The third kappa shape index (κ3) is 5.05. The predicted molar refractivity (Wildman–Crippen MR) is 121 cm³/mol. The Morgan fingerprint density at radius 2 is 1.40 bits per heavy atom. The Morgan fingerprint density at radius 3 is 1.84 bits per heavy atom. The van der Waals surface area contributed by atoms with Crippen LogP contribution in [0.2, 0.25) is 5.04 Å². The first kappa shape index (κ1) is 20.4. The summed E-state index contributed by atoms with van der Waals surface area (Å²) in [5.41, 5.74) is 0. The molecule has 0 aliphatic rings. The van der Waals surface area contributed by atoms with Crippen molar-refractivity contribution in [3.63, 3.8) is 0 Å². The van der Waals surface area contributed by atoms with Gasteiger partial charge >= 0.3 is 0 Å². The molecule has 0 aromatic heterocycles. The van der Waals surface area contributed by atoms with E-state index in [1.807, 2.05) is 0 Å². The van der Waals surface area contributed by atoms with Gasteiger partial charge in [-0.25, -0.2) is 0 Å². The molecule has 2 rings (SSSR count). The molecule has 0 amide bonds. The van der Waals surface area contributed by atoms with Crippen LogP contribution < -0.4 is 10.4 Å². The summed E-state index contributed by atoms with van der Waals surface area (Å²) in [4.78, 5) is 0. The SMILES string of the molecule is CC(C)(C)[Si](OCCCCC=CI)(c1ccccc1)c1ccccc1. The first-order chi connectivity index (χ1) is 12.0. The lowest BCUT2D eigenvalue weighted by Crippen LogP contribution is -2.66. The van der Waals surface area contributed by atoms with Crippen molar-refractivity contribution >= 4 is 41.3 Å². The van der Waals surface area contributed by atoms with Crippen LogP contribution in [-0.2, 0) is 4.43 Å². The molecule has 0 fully saturated rings. The van der Waals surface area contributed by atoms with Crippen molar-refractivity contribution in [2.45, 2.75) is 45.1 Å². The monoisotopic (exact) mass is 464 g/mol. The van der Waals surface area contributed by atoms with Crippen LogP contribution in [0.1, 0.15) is 40.0 Å². The van der Waals surface area contributed by atoms with E-state index in [2.05, 4.69) is 114 Å². The molecule has 2 aromatic rings. The van der Waals surface area contributed by atoms with Gasteiger partial charge in [0.1, 0.15) is 0 Å². The normalized spacial score (nSPS) is 12.6. The van der Waals surface area contributed by atoms with Crippen molar-refractivity contribution < 1.29 is 4.43 Å². The van der Waals surface area contributed by atoms with Crippen LogP contribution in [0, 0.1) is 0 Å². The Balaban J connectivity index is 2.36. The Labute approximate surface area is 167 Å². The molecule has 0 saturated heterocycles. The Hall–Kier alpha value is -0.913. The molecule has 1 nitrogen and oxygen atoms in total. The number of unbranched alkanes of at least 4 members (excludes halogenated alkanes) is 2. The first-order valence-corrected chi connectivity index (χ1v) is 12.2. The average molecular weight is 464 g/mol. The molecule has 0 saturated carbocycles. The fourth-order valence-electron chi connectivity index (χ4n) is 3.41. The number of allylic oxidation sites excluding steroid dienone is 1. The van der Waals surface area contributed by atoms with Gasteiger partial charge in [-0.1, -0.05) is 110 Å². The molecule has 0 heterocycles. The lowest BCUT2D eigenvalue weighted by atomic mass is 10.2. The molecule has 0 N–H and O–H groups in total. The highest BCUT2D eigenvalue weighted by atomic mass is 127. The number of hydrogen-bond donors (Lipinski definition) is 0. The Kier molecular flexibility index (Phi) is 7.91. The first-order valence-electron chi connectivity index (χ1n) is 9.02. The number of benzene rings is 2. The third-order valence-electron chi connectivity index (χ3n) is 4.59. The summed E-state index contributed by atoms with van der Waals surface area (Å²) in [7, 11) is -2.34. The average Bonchev–Trinajstić information content (AvgIpc) is 2.62. The summed E-state index contributed by atoms with van der Waals surface area (Å²) in [6.45, 7) is 7.82. The van der Waals surface area contributed by atoms with Crippen molar-refractivity contribution in [1.29, 1.82) is 0 Å². The Morgan fingerprint density at radius 1 is 0.880 bits per heavy atom. The molecular weight excluding hydrogens is 435 g/mol. The fourth-order valence-corrected chi connectivity index (χ4v) is 8.38. The van der Waals surface area contributed by atoms with Crippen LogP contribution in [0.5, 0.6) is 0 Å². The molecule has 134 valence electrons. The molecule has 25 heavy (non-hydrogen) atoms. The van der Waals surface area contributed by atoms with Gasteiger partial charge in [-0.15, -0.1) is 0 Å². The second-order valence-electron chi connectivity index (χ2n) is 7.37. The van der Waals surface area contributed by atoms with E-state index in [0.29, 0.717) is 0 Å². The maximum absolute atomic E-state index is 6.86. The molecule has 0 aliphatic carbocycles. The van der Waals surface area contributed by atoms with Gasteiger partial charge in [0.2, 0.25) is 0 Å². The minimum atomic E-state index is -2.34. The smallest absolute Gasteiger partial charge is 0.261 e. The predicted octanol–water partition coefficient (Wildman–Crippen LogP) is 5.68. The van der Waals surface area contributed by atoms with Crippen LogP contribution >= 0.6 is 22.6 Å². The lowest BCUT2D eigenvalue weighted by Gasteiger charge is -2.43. The van der Waals surface area contributed by atoms with Crippen molar-refractivity contribution in [1.82, 2.24) is 0 Å². The van der Waals surface area contributed by atoms with Crippen molar-refractivity contribution in [2.24, 2.45) is 0 Å². The topological polar surface area (TPSA) is 9.23 Å². The molecule has 3 heteroatoms. The summed E-state index contributed by atoms with van der Waals surface area (Å²) in [6.07, 6.45) is 5.64. The van der Waals surface area contributed by atoms with Gasteiger partial charge < -0.3 is 4.43 Å². The zero-order valence-electron chi connectivity index (χ0n) is 15.5.